The number of rotatable bonds is 4. The van der Waals surface area contributed by atoms with E-state index in [-0.39, 0.29) is 5.56 Å². The van der Waals surface area contributed by atoms with E-state index >= 15 is 0 Å². The molecule has 104 valence electrons. The van der Waals surface area contributed by atoms with Crippen LogP contribution in [0.4, 0.5) is 5.95 Å². The van der Waals surface area contributed by atoms with Crippen molar-refractivity contribution in [3.8, 4) is 0 Å². The van der Waals surface area contributed by atoms with Crippen molar-refractivity contribution in [2.45, 2.75) is 32.2 Å². The number of hydrogen-bond donors (Lipinski definition) is 2. The van der Waals surface area contributed by atoms with Crippen LogP contribution in [-0.4, -0.2) is 52.1 Å². The number of anilines is 1. The fourth-order valence-electron chi connectivity index (χ4n) is 2.37. The van der Waals surface area contributed by atoms with E-state index in [0.717, 1.165) is 13.1 Å². The van der Waals surface area contributed by atoms with Gasteiger partial charge in [0.25, 0.3) is 0 Å². The lowest BCUT2D eigenvalue weighted by Crippen LogP contribution is -2.41. The third-order valence-electron chi connectivity index (χ3n) is 3.63. The Labute approximate surface area is 112 Å². The molecule has 0 aliphatic carbocycles. The van der Waals surface area contributed by atoms with Crippen LogP contribution in [0.15, 0.2) is 6.20 Å². The van der Waals surface area contributed by atoms with Gasteiger partial charge in [-0.25, -0.2) is 14.8 Å². The van der Waals surface area contributed by atoms with Gasteiger partial charge < -0.3 is 15.3 Å². The van der Waals surface area contributed by atoms with E-state index in [0.29, 0.717) is 17.7 Å². The van der Waals surface area contributed by atoms with Crippen LogP contribution in [0.2, 0.25) is 0 Å². The summed E-state index contributed by atoms with van der Waals surface area (Å²) in [5.41, 5.74) is 0.641. The number of carboxylic acid groups (broad SMARTS) is 1. The molecule has 2 rings (SSSR count). The Bertz CT molecular complexity index is 464. The number of carboxylic acids is 1. The predicted molar refractivity (Wildman–Crippen MR) is 72.5 cm³/mol. The van der Waals surface area contributed by atoms with Crippen molar-refractivity contribution in [2.24, 2.45) is 0 Å². The van der Waals surface area contributed by atoms with Gasteiger partial charge in [-0.15, -0.1) is 0 Å². The van der Waals surface area contributed by atoms with Crippen LogP contribution in [0.3, 0.4) is 0 Å². The summed E-state index contributed by atoms with van der Waals surface area (Å²) in [7, 11) is 2.13. The molecule has 1 aliphatic rings. The van der Waals surface area contributed by atoms with Crippen LogP contribution >= 0.6 is 0 Å². The highest BCUT2D eigenvalue weighted by atomic mass is 16.4. The number of likely N-dealkylation sites (tertiary alicyclic amines) is 1. The third-order valence-corrected chi connectivity index (χ3v) is 3.63. The zero-order valence-corrected chi connectivity index (χ0v) is 11.4. The Kier molecular flexibility index (Phi) is 4.31. The van der Waals surface area contributed by atoms with Crippen molar-refractivity contribution >= 4 is 11.9 Å². The molecule has 1 saturated heterocycles. The van der Waals surface area contributed by atoms with Crippen molar-refractivity contribution in [3.63, 3.8) is 0 Å². The second-order valence-electron chi connectivity index (χ2n) is 5.01. The average Bonchev–Trinajstić information content (AvgIpc) is 2.37. The fraction of sp³-hybridized carbons (Fsp3) is 0.615. The van der Waals surface area contributed by atoms with Crippen molar-refractivity contribution in [3.05, 3.63) is 17.5 Å². The molecule has 1 unspecified atom stereocenters. The standard InChI is InChI=1S/C13H20N4O2/c1-9-11(12(18)19)8-15-13(16-9)14-7-10-5-3-4-6-17(10)2/h8,10H,3-7H2,1-2H3,(H,18,19)(H,14,15,16). The number of aromatic nitrogens is 2. The first kappa shape index (κ1) is 13.7. The number of piperidine rings is 1. The molecule has 2 N–H and O–H groups in total. The molecule has 0 bridgehead atoms. The summed E-state index contributed by atoms with van der Waals surface area (Å²) in [4.78, 5) is 21.4. The van der Waals surface area contributed by atoms with Crippen LogP contribution in [0, 0.1) is 6.92 Å². The lowest BCUT2D eigenvalue weighted by atomic mass is 10.0. The maximum absolute atomic E-state index is 10.9. The maximum atomic E-state index is 10.9. The smallest absolute Gasteiger partial charge is 0.339 e. The molecule has 6 nitrogen and oxygen atoms in total. The lowest BCUT2D eigenvalue weighted by Gasteiger charge is -2.32. The molecular weight excluding hydrogens is 244 g/mol. The van der Waals surface area contributed by atoms with E-state index in [1.165, 1.54) is 25.5 Å². The van der Waals surface area contributed by atoms with Gasteiger partial charge in [0.1, 0.15) is 0 Å². The Morgan fingerprint density at radius 3 is 3.00 bits per heavy atom. The lowest BCUT2D eigenvalue weighted by molar-refractivity contribution is 0.0695. The Balaban J connectivity index is 1.96. The predicted octanol–water partition coefficient (Wildman–Crippen LogP) is 1.38. The molecule has 1 atom stereocenters. The summed E-state index contributed by atoms with van der Waals surface area (Å²) >= 11 is 0. The topological polar surface area (TPSA) is 78.4 Å². The number of hydrogen-bond acceptors (Lipinski definition) is 5. The van der Waals surface area contributed by atoms with Gasteiger partial charge in [-0.05, 0) is 33.4 Å². The van der Waals surface area contributed by atoms with Gasteiger partial charge in [0.2, 0.25) is 5.95 Å². The van der Waals surface area contributed by atoms with E-state index in [9.17, 15) is 4.79 Å². The Morgan fingerprint density at radius 1 is 1.58 bits per heavy atom. The molecule has 0 amide bonds. The molecule has 1 aliphatic heterocycles. The van der Waals surface area contributed by atoms with Gasteiger partial charge in [0.15, 0.2) is 0 Å². The first-order valence-electron chi connectivity index (χ1n) is 6.59. The molecule has 0 saturated carbocycles. The van der Waals surface area contributed by atoms with Crippen LogP contribution in [0.5, 0.6) is 0 Å². The molecule has 19 heavy (non-hydrogen) atoms. The summed E-state index contributed by atoms with van der Waals surface area (Å²) in [6.07, 6.45) is 5.05. The van der Waals surface area contributed by atoms with Gasteiger partial charge in [-0.2, -0.15) is 0 Å². The Hall–Kier alpha value is -1.69. The number of nitrogens with zero attached hydrogens (tertiary/aromatic N) is 3. The molecule has 0 radical (unpaired) electrons. The minimum atomic E-state index is -0.990. The minimum Gasteiger partial charge on any atom is -0.478 e. The highest BCUT2D eigenvalue weighted by molar-refractivity contribution is 5.88. The normalized spacial score (nSPS) is 20.2. The second-order valence-corrected chi connectivity index (χ2v) is 5.01. The Morgan fingerprint density at radius 2 is 2.37 bits per heavy atom. The first-order valence-corrected chi connectivity index (χ1v) is 6.59. The van der Waals surface area contributed by atoms with Gasteiger partial charge in [0.05, 0.1) is 11.3 Å². The first-order chi connectivity index (χ1) is 9.08. The van der Waals surface area contributed by atoms with E-state index in [1.54, 1.807) is 6.92 Å². The third kappa shape index (κ3) is 3.41. The zero-order chi connectivity index (χ0) is 13.8. The quantitative estimate of drug-likeness (QED) is 0.855. The number of likely N-dealkylation sites (N-methyl/N-ethyl adjacent to an activating group) is 1. The molecule has 1 aromatic rings. The highest BCUT2D eigenvalue weighted by Crippen LogP contribution is 2.15. The van der Waals surface area contributed by atoms with Gasteiger partial charge in [-0.3, -0.25) is 0 Å². The zero-order valence-electron chi connectivity index (χ0n) is 11.4. The van der Waals surface area contributed by atoms with Gasteiger partial charge in [-0.1, -0.05) is 6.42 Å². The van der Waals surface area contributed by atoms with E-state index in [1.807, 2.05) is 0 Å². The SMILES string of the molecule is Cc1nc(NCC2CCCCN2C)ncc1C(=O)O. The fourth-order valence-corrected chi connectivity index (χ4v) is 2.37. The van der Waals surface area contributed by atoms with Crippen LogP contribution in [0.1, 0.15) is 35.3 Å². The van der Waals surface area contributed by atoms with Crippen LogP contribution < -0.4 is 5.32 Å². The summed E-state index contributed by atoms with van der Waals surface area (Å²) < 4.78 is 0. The van der Waals surface area contributed by atoms with E-state index < -0.39 is 5.97 Å². The van der Waals surface area contributed by atoms with Crippen LogP contribution in [0.25, 0.3) is 0 Å². The molecular formula is C13H20N4O2. The molecule has 1 fully saturated rings. The largest absolute Gasteiger partial charge is 0.478 e. The molecule has 0 spiro atoms. The maximum Gasteiger partial charge on any atom is 0.339 e. The summed E-state index contributed by atoms with van der Waals surface area (Å²) in [5, 5.41) is 12.1. The average molecular weight is 264 g/mol. The van der Waals surface area contributed by atoms with Crippen molar-refractivity contribution in [2.75, 3.05) is 25.5 Å². The van der Waals surface area contributed by atoms with Crippen molar-refractivity contribution < 1.29 is 9.90 Å². The highest BCUT2D eigenvalue weighted by Gasteiger charge is 2.19. The van der Waals surface area contributed by atoms with Gasteiger partial charge in [0, 0.05) is 18.8 Å². The van der Waals surface area contributed by atoms with E-state index in [2.05, 4.69) is 27.2 Å². The second kappa shape index (κ2) is 5.97. The van der Waals surface area contributed by atoms with Crippen LogP contribution in [-0.2, 0) is 0 Å². The summed E-state index contributed by atoms with van der Waals surface area (Å²) in [6, 6.07) is 0.497. The summed E-state index contributed by atoms with van der Waals surface area (Å²) in [6.45, 7) is 3.61. The number of aryl methyl sites for hydroxylation is 1. The molecule has 0 aromatic carbocycles. The minimum absolute atomic E-state index is 0.153. The number of carbonyl (C=O) groups is 1. The van der Waals surface area contributed by atoms with Gasteiger partial charge >= 0.3 is 5.97 Å². The van der Waals surface area contributed by atoms with Crippen molar-refractivity contribution in [1.82, 2.24) is 14.9 Å². The van der Waals surface area contributed by atoms with Crippen molar-refractivity contribution in [1.29, 1.82) is 0 Å². The molecule has 1 aromatic heterocycles. The number of nitrogens with one attached hydrogen (secondary N) is 1. The number of aromatic carboxylic acids is 1. The van der Waals surface area contributed by atoms with E-state index in [4.69, 9.17) is 5.11 Å². The summed E-state index contributed by atoms with van der Waals surface area (Å²) in [5.74, 6) is -0.488. The molecule has 2 heterocycles. The monoisotopic (exact) mass is 264 g/mol. The molecule has 6 heteroatoms.